The lowest BCUT2D eigenvalue weighted by molar-refractivity contribution is -0.122. The molecule has 0 radical (unpaired) electrons. The van der Waals surface area contributed by atoms with Crippen LogP contribution in [0.3, 0.4) is 0 Å². The number of rotatable bonds is 4. The number of hydrogen-bond donors (Lipinski definition) is 3. The summed E-state index contributed by atoms with van der Waals surface area (Å²) in [6.07, 6.45) is 4.49. The molecule has 3 N–H and O–H groups in total. The summed E-state index contributed by atoms with van der Waals surface area (Å²) in [4.78, 5) is 23.5. The zero-order valence-corrected chi connectivity index (χ0v) is 13.2. The second-order valence-electron chi connectivity index (χ2n) is 6.24. The quantitative estimate of drug-likeness (QED) is 0.800. The van der Waals surface area contributed by atoms with Crippen LogP contribution < -0.4 is 10.6 Å². The molecule has 1 aromatic carbocycles. The Morgan fingerprint density at radius 2 is 1.82 bits per heavy atom. The van der Waals surface area contributed by atoms with Gasteiger partial charge in [-0.25, -0.2) is 0 Å². The number of aryl methyl sites for hydroxylation is 1. The van der Waals surface area contributed by atoms with Gasteiger partial charge < -0.3 is 15.7 Å². The smallest absolute Gasteiger partial charge is 0.227 e. The molecule has 0 aromatic heterocycles. The number of nitrogens with one attached hydrogen (secondary N) is 2. The van der Waals surface area contributed by atoms with Gasteiger partial charge in [-0.1, -0.05) is 25.3 Å². The Balaban J connectivity index is 2.07. The zero-order valence-electron chi connectivity index (χ0n) is 13.2. The fourth-order valence-electron chi connectivity index (χ4n) is 2.94. The van der Waals surface area contributed by atoms with Crippen LogP contribution in [0.15, 0.2) is 18.2 Å². The maximum atomic E-state index is 12.3. The number of benzene rings is 1. The summed E-state index contributed by atoms with van der Waals surface area (Å²) in [6, 6.07) is 5.45. The summed E-state index contributed by atoms with van der Waals surface area (Å²) < 4.78 is 0. The monoisotopic (exact) mass is 304 g/mol. The van der Waals surface area contributed by atoms with E-state index in [0.29, 0.717) is 24.2 Å². The predicted molar refractivity (Wildman–Crippen MR) is 86.8 cm³/mol. The Morgan fingerprint density at radius 3 is 2.45 bits per heavy atom. The first kappa shape index (κ1) is 16.5. The van der Waals surface area contributed by atoms with Crippen molar-refractivity contribution in [1.29, 1.82) is 0 Å². The van der Waals surface area contributed by atoms with Gasteiger partial charge in [0.25, 0.3) is 0 Å². The van der Waals surface area contributed by atoms with Gasteiger partial charge in [0.1, 0.15) is 0 Å². The van der Waals surface area contributed by atoms with Crippen molar-refractivity contribution in [2.75, 3.05) is 10.6 Å². The third-order valence-electron chi connectivity index (χ3n) is 4.03. The summed E-state index contributed by atoms with van der Waals surface area (Å²) in [7, 11) is 0. The van der Waals surface area contributed by atoms with Crippen molar-refractivity contribution in [2.24, 2.45) is 0 Å². The molecule has 1 aliphatic carbocycles. The number of carbonyl (C=O) groups excluding carboxylic acids is 2. The highest BCUT2D eigenvalue weighted by Crippen LogP contribution is 2.31. The zero-order chi connectivity index (χ0) is 16.2. The van der Waals surface area contributed by atoms with E-state index in [-0.39, 0.29) is 18.2 Å². The van der Waals surface area contributed by atoms with Gasteiger partial charge in [0, 0.05) is 6.92 Å². The van der Waals surface area contributed by atoms with Crippen LogP contribution >= 0.6 is 0 Å². The molecule has 5 nitrogen and oxygen atoms in total. The topological polar surface area (TPSA) is 78.4 Å². The Labute approximate surface area is 131 Å². The first-order valence-corrected chi connectivity index (χ1v) is 7.78. The normalized spacial score (nSPS) is 16.9. The summed E-state index contributed by atoms with van der Waals surface area (Å²) in [6.45, 7) is 3.35. The van der Waals surface area contributed by atoms with Crippen molar-refractivity contribution in [1.82, 2.24) is 0 Å². The molecule has 120 valence electrons. The second kappa shape index (κ2) is 6.92. The predicted octanol–water partition coefficient (Wildman–Crippen LogP) is 2.98. The number of hydrogen-bond acceptors (Lipinski definition) is 3. The van der Waals surface area contributed by atoms with E-state index in [4.69, 9.17) is 0 Å². The van der Waals surface area contributed by atoms with Crippen LogP contribution in [0.25, 0.3) is 0 Å². The molecule has 0 unspecified atom stereocenters. The minimum Gasteiger partial charge on any atom is -0.389 e. The van der Waals surface area contributed by atoms with Gasteiger partial charge in [0.05, 0.1) is 23.4 Å². The van der Waals surface area contributed by atoms with Crippen molar-refractivity contribution in [3.05, 3.63) is 23.8 Å². The molecule has 2 amide bonds. The highest BCUT2D eigenvalue weighted by Gasteiger charge is 2.31. The van der Waals surface area contributed by atoms with Crippen LogP contribution in [-0.2, 0) is 9.59 Å². The average molecular weight is 304 g/mol. The lowest BCUT2D eigenvalue weighted by atomic mass is 9.82. The summed E-state index contributed by atoms with van der Waals surface area (Å²) in [5.41, 5.74) is 1.24. The lowest BCUT2D eigenvalue weighted by Crippen LogP contribution is -2.36. The lowest BCUT2D eigenvalue weighted by Gasteiger charge is -2.31. The molecule has 1 saturated carbocycles. The average Bonchev–Trinajstić information content (AvgIpc) is 2.41. The minimum absolute atomic E-state index is 0.0977. The molecule has 0 saturated heterocycles. The van der Waals surface area contributed by atoms with Gasteiger partial charge in [-0.3, -0.25) is 9.59 Å². The van der Waals surface area contributed by atoms with E-state index in [1.807, 2.05) is 19.1 Å². The largest absolute Gasteiger partial charge is 0.389 e. The van der Waals surface area contributed by atoms with E-state index in [9.17, 15) is 14.7 Å². The van der Waals surface area contributed by atoms with Crippen LogP contribution in [0, 0.1) is 6.92 Å². The minimum atomic E-state index is -0.889. The first-order chi connectivity index (χ1) is 10.4. The van der Waals surface area contributed by atoms with Crippen LogP contribution in [0.1, 0.15) is 51.0 Å². The molecule has 5 heteroatoms. The second-order valence-corrected chi connectivity index (χ2v) is 6.24. The Kier molecular flexibility index (Phi) is 5.19. The fraction of sp³-hybridized carbons (Fsp3) is 0.529. The Morgan fingerprint density at radius 1 is 1.14 bits per heavy atom. The first-order valence-electron chi connectivity index (χ1n) is 7.78. The van der Waals surface area contributed by atoms with Crippen molar-refractivity contribution >= 4 is 23.2 Å². The van der Waals surface area contributed by atoms with Crippen LogP contribution in [-0.4, -0.2) is 22.5 Å². The molecule has 2 rings (SSSR count). The standard InChI is InChI=1S/C17H24N2O3/c1-12-6-7-14(18-13(2)20)15(10-12)19-16(21)11-17(22)8-4-3-5-9-17/h6-7,10,22H,3-5,8-9,11H2,1-2H3,(H,18,20)(H,19,21). The van der Waals surface area contributed by atoms with Crippen LogP contribution in [0.5, 0.6) is 0 Å². The third-order valence-corrected chi connectivity index (χ3v) is 4.03. The highest BCUT2D eigenvalue weighted by molar-refractivity contribution is 5.99. The van der Waals surface area contributed by atoms with E-state index in [0.717, 1.165) is 24.8 Å². The van der Waals surface area contributed by atoms with E-state index >= 15 is 0 Å². The van der Waals surface area contributed by atoms with E-state index in [1.165, 1.54) is 6.92 Å². The molecular weight excluding hydrogens is 280 g/mol. The van der Waals surface area contributed by atoms with Crippen molar-refractivity contribution in [2.45, 2.75) is 58.0 Å². The molecule has 0 aliphatic heterocycles. The van der Waals surface area contributed by atoms with Crippen LogP contribution in [0.2, 0.25) is 0 Å². The number of amides is 2. The van der Waals surface area contributed by atoms with Crippen molar-refractivity contribution in [3.63, 3.8) is 0 Å². The molecule has 0 bridgehead atoms. The third kappa shape index (κ3) is 4.56. The fourth-order valence-corrected chi connectivity index (χ4v) is 2.94. The number of aliphatic hydroxyl groups is 1. The van der Waals surface area contributed by atoms with Gasteiger partial charge in [-0.15, -0.1) is 0 Å². The maximum Gasteiger partial charge on any atom is 0.227 e. The molecule has 0 heterocycles. The molecule has 0 spiro atoms. The molecule has 1 aliphatic rings. The Hall–Kier alpha value is -1.88. The number of carbonyl (C=O) groups is 2. The Bertz CT molecular complexity index is 563. The number of anilines is 2. The molecule has 1 fully saturated rings. The molecule has 1 aromatic rings. The van der Waals surface area contributed by atoms with Crippen molar-refractivity contribution in [3.8, 4) is 0 Å². The highest BCUT2D eigenvalue weighted by atomic mass is 16.3. The summed E-state index contributed by atoms with van der Waals surface area (Å²) in [5, 5.41) is 16.0. The van der Waals surface area contributed by atoms with E-state index in [1.54, 1.807) is 6.07 Å². The maximum absolute atomic E-state index is 12.3. The van der Waals surface area contributed by atoms with Crippen LogP contribution in [0.4, 0.5) is 11.4 Å². The SMILES string of the molecule is CC(=O)Nc1ccc(C)cc1NC(=O)CC1(O)CCCCC1. The van der Waals surface area contributed by atoms with Gasteiger partial charge in [-0.2, -0.15) is 0 Å². The molecule has 0 atom stereocenters. The van der Waals surface area contributed by atoms with Gasteiger partial charge >= 0.3 is 0 Å². The molecular formula is C17H24N2O3. The van der Waals surface area contributed by atoms with E-state index in [2.05, 4.69) is 10.6 Å². The van der Waals surface area contributed by atoms with E-state index < -0.39 is 5.60 Å². The van der Waals surface area contributed by atoms with Gasteiger partial charge in [0.15, 0.2) is 0 Å². The summed E-state index contributed by atoms with van der Waals surface area (Å²) in [5.74, 6) is -0.410. The molecule has 22 heavy (non-hydrogen) atoms. The van der Waals surface area contributed by atoms with Gasteiger partial charge in [-0.05, 0) is 37.5 Å². The summed E-state index contributed by atoms with van der Waals surface area (Å²) >= 11 is 0. The van der Waals surface area contributed by atoms with Crippen molar-refractivity contribution < 1.29 is 14.7 Å². The van der Waals surface area contributed by atoms with Gasteiger partial charge in [0.2, 0.25) is 11.8 Å².